The molecule has 128 valence electrons. The Labute approximate surface area is 140 Å². The van der Waals surface area contributed by atoms with Gasteiger partial charge in [-0.05, 0) is 44.0 Å². The monoisotopic (exact) mass is 330 g/mol. The fourth-order valence-corrected chi connectivity index (χ4v) is 3.11. The van der Waals surface area contributed by atoms with Gasteiger partial charge in [-0.25, -0.2) is 4.79 Å². The first-order valence-corrected chi connectivity index (χ1v) is 8.19. The van der Waals surface area contributed by atoms with E-state index in [2.05, 4.69) is 10.6 Å². The van der Waals surface area contributed by atoms with Gasteiger partial charge < -0.3 is 19.8 Å². The maximum atomic E-state index is 12.3. The van der Waals surface area contributed by atoms with Crippen LogP contribution in [0.3, 0.4) is 0 Å². The largest absolute Gasteiger partial charge is 0.497 e. The highest BCUT2D eigenvalue weighted by atomic mass is 16.5. The Kier molecular flexibility index (Phi) is 4.85. The van der Waals surface area contributed by atoms with Gasteiger partial charge in [0.1, 0.15) is 11.3 Å². The van der Waals surface area contributed by atoms with Gasteiger partial charge in [0.15, 0.2) is 0 Å². The Morgan fingerprint density at radius 3 is 3.00 bits per heavy atom. The number of aryl methyl sites for hydroxylation is 1. The Balaban J connectivity index is 1.76. The standard InChI is InChI=1S/C18H22N2O4/c1-11-14-4-3-13(23-2)9-16(14)24-18(22)15(11)5-6-17(21)20-12-7-8-19-10-12/h3-4,9,12,19H,5-8,10H2,1-2H3,(H,20,21). The molecule has 1 unspecified atom stereocenters. The van der Waals surface area contributed by atoms with Crippen molar-refractivity contribution in [2.24, 2.45) is 0 Å². The number of amides is 1. The molecule has 2 aromatic rings. The summed E-state index contributed by atoms with van der Waals surface area (Å²) in [4.78, 5) is 24.3. The lowest BCUT2D eigenvalue weighted by Crippen LogP contribution is -2.36. The first-order valence-electron chi connectivity index (χ1n) is 8.19. The Hall–Kier alpha value is -2.34. The molecule has 0 radical (unpaired) electrons. The first kappa shape index (κ1) is 16.5. The second-order valence-electron chi connectivity index (χ2n) is 6.11. The van der Waals surface area contributed by atoms with Crippen LogP contribution in [0.2, 0.25) is 0 Å². The van der Waals surface area contributed by atoms with Crippen LogP contribution in [0.15, 0.2) is 27.4 Å². The van der Waals surface area contributed by atoms with Crippen LogP contribution < -0.4 is 21.0 Å². The average Bonchev–Trinajstić information content (AvgIpc) is 3.06. The summed E-state index contributed by atoms with van der Waals surface area (Å²) in [5.74, 6) is 0.611. The van der Waals surface area contributed by atoms with Crippen molar-refractivity contribution < 1.29 is 13.9 Å². The molecular weight excluding hydrogens is 308 g/mol. The average molecular weight is 330 g/mol. The number of hydrogen-bond donors (Lipinski definition) is 2. The molecule has 24 heavy (non-hydrogen) atoms. The molecule has 3 rings (SSSR count). The van der Waals surface area contributed by atoms with Crippen molar-refractivity contribution in [1.82, 2.24) is 10.6 Å². The summed E-state index contributed by atoms with van der Waals surface area (Å²) in [7, 11) is 1.57. The van der Waals surface area contributed by atoms with Crippen LogP contribution in [-0.4, -0.2) is 32.1 Å². The minimum Gasteiger partial charge on any atom is -0.497 e. The molecule has 1 fully saturated rings. The van der Waals surface area contributed by atoms with E-state index in [1.807, 2.05) is 19.1 Å². The van der Waals surface area contributed by atoms with Gasteiger partial charge in [-0.2, -0.15) is 0 Å². The lowest BCUT2D eigenvalue weighted by atomic mass is 10.0. The van der Waals surface area contributed by atoms with Crippen LogP contribution in [0.1, 0.15) is 24.0 Å². The maximum absolute atomic E-state index is 12.3. The van der Waals surface area contributed by atoms with Crippen LogP contribution in [-0.2, 0) is 11.2 Å². The number of rotatable bonds is 5. The number of carbonyl (C=O) groups excluding carboxylic acids is 1. The van der Waals surface area contributed by atoms with E-state index in [0.29, 0.717) is 23.3 Å². The van der Waals surface area contributed by atoms with Crippen LogP contribution in [0.25, 0.3) is 11.0 Å². The first-order chi connectivity index (χ1) is 11.6. The fraction of sp³-hybridized carbons (Fsp3) is 0.444. The summed E-state index contributed by atoms with van der Waals surface area (Å²) in [6.45, 7) is 3.63. The van der Waals surface area contributed by atoms with Gasteiger partial charge in [-0.1, -0.05) is 0 Å². The zero-order chi connectivity index (χ0) is 17.1. The fourth-order valence-electron chi connectivity index (χ4n) is 3.11. The van der Waals surface area contributed by atoms with Crippen LogP contribution in [0.5, 0.6) is 5.75 Å². The van der Waals surface area contributed by atoms with Gasteiger partial charge in [-0.3, -0.25) is 4.79 Å². The van der Waals surface area contributed by atoms with E-state index in [1.165, 1.54) is 0 Å². The minimum atomic E-state index is -0.386. The Bertz CT molecular complexity index is 807. The summed E-state index contributed by atoms with van der Waals surface area (Å²) in [5.41, 5.74) is 1.54. The number of benzene rings is 1. The van der Waals surface area contributed by atoms with Crippen molar-refractivity contribution >= 4 is 16.9 Å². The molecule has 1 aromatic heterocycles. The molecule has 1 saturated heterocycles. The number of nitrogens with one attached hydrogen (secondary N) is 2. The smallest absolute Gasteiger partial charge is 0.339 e. The number of hydrogen-bond acceptors (Lipinski definition) is 5. The molecule has 1 amide bonds. The highest BCUT2D eigenvalue weighted by Crippen LogP contribution is 2.24. The molecule has 1 aromatic carbocycles. The number of fused-ring (bicyclic) bond motifs is 1. The van der Waals surface area contributed by atoms with Crippen molar-refractivity contribution in [1.29, 1.82) is 0 Å². The summed E-state index contributed by atoms with van der Waals surface area (Å²) in [6.07, 6.45) is 1.61. The normalized spacial score (nSPS) is 17.2. The van der Waals surface area contributed by atoms with E-state index < -0.39 is 0 Å². The second-order valence-corrected chi connectivity index (χ2v) is 6.11. The molecule has 1 aliphatic heterocycles. The van der Waals surface area contributed by atoms with Crippen LogP contribution in [0.4, 0.5) is 0 Å². The van der Waals surface area contributed by atoms with E-state index in [9.17, 15) is 9.59 Å². The number of methoxy groups -OCH3 is 1. The third kappa shape index (κ3) is 3.43. The predicted molar refractivity (Wildman–Crippen MR) is 91.5 cm³/mol. The summed E-state index contributed by atoms with van der Waals surface area (Å²) in [6, 6.07) is 5.60. The van der Waals surface area contributed by atoms with Crippen LogP contribution >= 0.6 is 0 Å². The summed E-state index contributed by atoms with van der Waals surface area (Å²) >= 11 is 0. The van der Waals surface area contributed by atoms with Gasteiger partial charge >= 0.3 is 5.63 Å². The lowest BCUT2D eigenvalue weighted by molar-refractivity contribution is -0.121. The molecule has 1 atom stereocenters. The molecule has 1 aliphatic rings. The maximum Gasteiger partial charge on any atom is 0.339 e. The summed E-state index contributed by atoms with van der Waals surface area (Å²) < 4.78 is 10.6. The SMILES string of the molecule is COc1ccc2c(C)c(CCC(=O)NC3CCNC3)c(=O)oc2c1. The van der Waals surface area contributed by atoms with Crippen molar-refractivity contribution in [2.75, 3.05) is 20.2 Å². The molecule has 0 saturated carbocycles. The molecule has 6 nitrogen and oxygen atoms in total. The Morgan fingerprint density at radius 1 is 1.46 bits per heavy atom. The van der Waals surface area contributed by atoms with Crippen molar-refractivity contribution in [3.63, 3.8) is 0 Å². The minimum absolute atomic E-state index is 0.0303. The predicted octanol–water partition coefficient (Wildman–Crippen LogP) is 1.52. The lowest BCUT2D eigenvalue weighted by Gasteiger charge is -2.12. The highest BCUT2D eigenvalue weighted by molar-refractivity contribution is 5.82. The third-order valence-electron chi connectivity index (χ3n) is 4.52. The van der Waals surface area contributed by atoms with E-state index in [4.69, 9.17) is 9.15 Å². The van der Waals surface area contributed by atoms with Crippen molar-refractivity contribution in [3.8, 4) is 5.75 Å². The van der Waals surface area contributed by atoms with E-state index in [0.717, 1.165) is 30.5 Å². The molecule has 0 aliphatic carbocycles. The van der Waals surface area contributed by atoms with Gasteiger partial charge in [0.25, 0.3) is 0 Å². The Morgan fingerprint density at radius 2 is 2.29 bits per heavy atom. The van der Waals surface area contributed by atoms with Gasteiger partial charge in [0.05, 0.1) is 7.11 Å². The quantitative estimate of drug-likeness (QED) is 0.813. The molecule has 6 heteroatoms. The number of ether oxygens (including phenoxy) is 1. The zero-order valence-corrected chi connectivity index (χ0v) is 14.0. The molecular formula is C18H22N2O4. The van der Waals surface area contributed by atoms with Gasteiger partial charge in [0.2, 0.25) is 5.91 Å². The van der Waals surface area contributed by atoms with Crippen LogP contribution in [0, 0.1) is 6.92 Å². The second kappa shape index (κ2) is 7.05. The third-order valence-corrected chi connectivity index (χ3v) is 4.52. The molecule has 0 bridgehead atoms. The highest BCUT2D eigenvalue weighted by Gasteiger charge is 2.18. The van der Waals surface area contributed by atoms with Crippen molar-refractivity contribution in [2.45, 2.75) is 32.2 Å². The van der Waals surface area contributed by atoms with E-state index >= 15 is 0 Å². The van der Waals surface area contributed by atoms with Gasteiger partial charge in [-0.15, -0.1) is 0 Å². The van der Waals surface area contributed by atoms with E-state index in [1.54, 1.807) is 13.2 Å². The topological polar surface area (TPSA) is 80.6 Å². The van der Waals surface area contributed by atoms with Crippen molar-refractivity contribution in [3.05, 3.63) is 39.7 Å². The molecule has 0 spiro atoms. The summed E-state index contributed by atoms with van der Waals surface area (Å²) in [5, 5.41) is 7.07. The van der Waals surface area contributed by atoms with Gasteiger partial charge in [0, 0.05) is 36.0 Å². The molecule has 2 heterocycles. The number of carbonyl (C=O) groups is 1. The van der Waals surface area contributed by atoms with E-state index in [-0.39, 0.29) is 24.0 Å². The molecule has 2 N–H and O–H groups in total. The zero-order valence-electron chi connectivity index (χ0n) is 14.0.